The molecule has 7 nitrogen and oxygen atoms in total. The van der Waals surface area contributed by atoms with E-state index in [-0.39, 0.29) is 26.4 Å². The van der Waals surface area contributed by atoms with Gasteiger partial charge < -0.3 is 28.4 Å². The molecule has 0 saturated carbocycles. The maximum absolute atomic E-state index is 12.9. The number of esters is 1. The molecule has 1 aliphatic rings. The molecule has 0 amide bonds. The average Bonchev–Trinajstić information content (AvgIpc) is 3.07. The summed E-state index contributed by atoms with van der Waals surface area (Å²) in [7, 11) is 0. The van der Waals surface area contributed by atoms with Gasteiger partial charge in [-0.05, 0) is 22.3 Å². The van der Waals surface area contributed by atoms with Gasteiger partial charge in [0.2, 0.25) is 6.29 Å². The standard InChI is InChI=1S/C36H35Cl3O7/c37-36(38,39)35(40)46-34-33(44-24-29-19-11-4-12-20-29)32(43-23-28-17-9-3-10-18-28)31(42-22-27-15-7-2-8-16-27)30(45-34)25-41-21-26-13-5-1-6-14-26/h1-20,30-34H,21-25H2/t30-,31+,32+,33-,34-/m1/s1. The van der Waals surface area contributed by atoms with Crippen molar-refractivity contribution in [2.24, 2.45) is 0 Å². The Labute approximate surface area is 284 Å². The minimum Gasteiger partial charge on any atom is -0.430 e. The lowest BCUT2D eigenvalue weighted by atomic mass is 9.97. The molecule has 46 heavy (non-hydrogen) atoms. The maximum Gasteiger partial charge on any atom is 0.360 e. The molecule has 0 unspecified atom stereocenters. The Kier molecular flexibility index (Phi) is 12.9. The Morgan fingerprint density at radius 1 is 0.565 bits per heavy atom. The van der Waals surface area contributed by atoms with Crippen LogP contribution in [0, 0.1) is 0 Å². The van der Waals surface area contributed by atoms with Crippen LogP contribution in [-0.2, 0) is 59.6 Å². The number of benzene rings is 4. The van der Waals surface area contributed by atoms with Crippen LogP contribution >= 0.6 is 34.8 Å². The van der Waals surface area contributed by atoms with E-state index < -0.39 is 40.5 Å². The number of hydrogen-bond donors (Lipinski definition) is 0. The highest BCUT2D eigenvalue weighted by Crippen LogP contribution is 2.34. The molecule has 0 spiro atoms. The van der Waals surface area contributed by atoms with Gasteiger partial charge in [-0.25, -0.2) is 4.79 Å². The van der Waals surface area contributed by atoms with Gasteiger partial charge in [0.25, 0.3) is 3.79 Å². The zero-order valence-electron chi connectivity index (χ0n) is 25.0. The van der Waals surface area contributed by atoms with Gasteiger partial charge in [-0.3, -0.25) is 0 Å². The predicted molar refractivity (Wildman–Crippen MR) is 176 cm³/mol. The molecule has 5 rings (SSSR count). The molecule has 0 aromatic heterocycles. The van der Waals surface area contributed by atoms with Crippen LogP contribution < -0.4 is 0 Å². The van der Waals surface area contributed by atoms with Crippen molar-refractivity contribution in [1.82, 2.24) is 0 Å². The third-order valence-corrected chi connectivity index (χ3v) is 7.76. The molecule has 1 saturated heterocycles. The van der Waals surface area contributed by atoms with Crippen molar-refractivity contribution in [3.05, 3.63) is 144 Å². The van der Waals surface area contributed by atoms with Crippen molar-refractivity contribution >= 4 is 40.8 Å². The zero-order chi connectivity index (χ0) is 32.2. The van der Waals surface area contributed by atoms with Crippen LogP contribution in [0.4, 0.5) is 0 Å². The minimum absolute atomic E-state index is 0.0901. The summed E-state index contributed by atoms with van der Waals surface area (Å²) in [6.45, 7) is 1.08. The van der Waals surface area contributed by atoms with Gasteiger partial charge >= 0.3 is 5.97 Å². The van der Waals surface area contributed by atoms with Crippen molar-refractivity contribution in [2.75, 3.05) is 6.61 Å². The quantitative estimate of drug-likeness (QED) is 0.100. The smallest absolute Gasteiger partial charge is 0.360 e. The molecule has 1 fully saturated rings. The highest BCUT2D eigenvalue weighted by molar-refractivity contribution is 6.75. The molecule has 1 heterocycles. The molecule has 242 valence electrons. The van der Waals surface area contributed by atoms with E-state index in [1.165, 1.54) is 0 Å². The lowest BCUT2D eigenvalue weighted by Crippen LogP contribution is -2.62. The van der Waals surface area contributed by atoms with E-state index >= 15 is 0 Å². The van der Waals surface area contributed by atoms with Crippen LogP contribution in [0.15, 0.2) is 121 Å². The Morgan fingerprint density at radius 3 is 1.39 bits per heavy atom. The number of hydrogen-bond acceptors (Lipinski definition) is 7. The second-order valence-electron chi connectivity index (χ2n) is 10.7. The summed E-state index contributed by atoms with van der Waals surface area (Å²) in [4.78, 5) is 12.9. The molecule has 4 aromatic carbocycles. The molecular formula is C36H35Cl3O7. The Hall–Kier alpha value is -2.98. The second kappa shape index (κ2) is 17.3. The van der Waals surface area contributed by atoms with Crippen LogP contribution in [0.1, 0.15) is 22.3 Å². The Bertz CT molecular complexity index is 1460. The topological polar surface area (TPSA) is 72.5 Å². The highest BCUT2D eigenvalue weighted by atomic mass is 35.6. The molecule has 0 radical (unpaired) electrons. The Morgan fingerprint density at radius 2 is 0.957 bits per heavy atom. The second-order valence-corrected chi connectivity index (χ2v) is 13.0. The van der Waals surface area contributed by atoms with Crippen LogP contribution in [0.5, 0.6) is 0 Å². The van der Waals surface area contributed by atoms with Crippen molar-refractivity contribution in [2.45, 2.75) is 60.9 Å². The first kappa shape index (κ1) is 34.4. The van der Waals surface area contributed by atoms with Crippen LogP contribution in [0.2, 0.25) is 0 Å². The minimum atomic E-state index is -2.34. The molecule has 0 aliphatic carbocycles. The fourth-order valence-electron chi connectivity index (χ4n) is 5.01. The van der Waals surface area contributed by atoms with Crippen molar-refractivity contribution in [1.29, 1.82) is 0 Å². The monoisotopic (exact) mass is 684 g/mol. The lowest BCUT2D eigenvalue weighted by molar-refractivity contribution is -0.320. The normalized spacial score (nSPS) is 21.5. The van der Waals surface area contributed by atoms with Crippen LogP contribution in [0.3, 0.4) is 0 Å². The van der Waals surface area contributed by atoms with E-state index in [9.17, 15) is 4.79 Å². The van der Waals surface area contributed by atoms with Crippen LogP contribution in [-0.4, -0.2) is 47.1 Å². The van der Waals surface area contributed by atoms with Crippen LogP contribution in [0.25, 0.3) is 0 Å². The zero-order valence-corrected chi connectivity index (χ0v) is 27.2. The van der Waals surface area contributed by atoms with Gasteiger partial charge in [-0.1, -0.05) is 156 Å². The van der Waals surface area contributed by atoms with Gasteiger partial charge in [0.05, 0.1) is 33.0 Å². The fraction of sp³-hybridized carbons (Fsp3) is 0.306. The van der Waals surface area contributed by atoms with E-state index in [1.54, 1.807) is 0 Å². The number of alkyl halides is 3. The molecular weight excluding hydrogens is 651 g/mol. The predicted octanol–water partition coefficient (Wildman–Crippen LogP) is 7.60. The summed E-state index contributed by atoms with van der Waals surface area (Å²) in [6.07, 6.45) is -4.53. The first-order chi connectivity index (χ1) is 22.4. The molecule has 1 aliphatic heterocycles. The first-order valence-corrected chi connectivity index (χ1v) is 16.0. The van der Waals surface area contributed by atoms with Gasteiger partial charge in [0.1, 0.15) is 24.4 Å². The largest absolute Gasteiger partial charge is 0.430 e. The van der Waals surface area contributed by atoms with E-state index in [4.69, 9.17) is 63.2 Å². The van der Waals surface area contributed by atoms with Gasteiger partial charge in [-0.2, -0.15) is 0 Å². The Balaban J connectivity index is 1.46. The molecule has 5 atom stereocenters. The SMILES string of the molecule is O=C(O[C@H]1O[C@H](COCc2ccccc2)[C@H](OCc2ccccc2)[C@H](OCc2ccccc2)[C@H]1OCc1ccccc1)C(Cl)(Cl)Cl. The molecule has 4 aromatic rings. The third-order valence-electron chi connectivity index (χ3n) is 7.30. The number of rotatable bonds is 14. The van der Waals surface area contributed by atoms with Crippen molar-refractivity contribution < 1.29 is 33.2 Å². The van der Waals surface area contributed by atoms with Gasteiger partial charge in [-0.15, -0.1) is 0 Å². The maximum atomic E-state index is 12.9. The van der Waals surface area contributed by atoms with Gasteiger partial charge in [0, 0.05) is 0 Å². The van der Waals surface area contributed by atoms with Crippen molar-refractivity contribution in [3.63, 3.8) is 0 Å². The lowest BCUT2D eigenvalue weighted by Gasteiger charge is -2.45. The number of carbonyl (C=O) groups excluding carboxylic acids is 1. The summed E-state index contributed by atoms with van der Waals surface area (Å²) in [5.41, 5.74) is 3.77. The van der Waals surface area contributed by atoms with E-state index in [2.05, 4.69) is 0 Å². The number of halogens is 3. The summed E-state index contributed by atoms with van der Waals surface area (Å²) >= 11 is 17.7. The highest BCUT2D eigenvalue weighted by Gasteiger charge is 2.51. The molecule has 0 N–H and O–H groups in total. The molecule has 10 heteroatoms. The summed E-state index contributed by atoms with van der Waals surface area (Å²) in [6, 6.07) is 38.8. The first-order valence-electron chi connectivity index (χ1n) is 14.9. The molecule has 0 bridgehead atoms. The fourth-order valence-corrected chi connectivity index (χ4v) is 5.15. The average molecular weight is 686 g/mol. The van der Waals surface area contributed by atoms with E-state index in [0.29, 0.717) is 6.61 Å². The summed E-state index contributed by atoms with van der Waals surface area (Å²) in [5.74, 6) is -1.11. The van der Waals surface area contributed by atoms with E-state index in [0.717, 1.165) is 22.3 Å². The van der Waals surface area contributed by atoms with Crippen molar-refractivity contribution in [3.8, 4) is 0 Å². The van der Waals surface area contributed by atoms with E-state index in [1.807, 2.05) is 121 Å². The summed E-state index contributed by atoms with van der Waals surface area (Å²) < 4.78 is 35.4. The van der Waals surface area contributed by atoms with Gasteiger partial charge in [0.15, 0.2) is 0 Å². The number of ether oxygens (including phenoxy) is 6. The summed E-state index contributed by atoms with van der Waals surface area (Å²) in [5, 5.41) is 0. The number of carbonyl (C=O) groups is 1. The third kappa shape index (κ3) is 10.3.